The Kier molecular flexibility index (Phi) is 6.53. The van der Waals surface area contributed by atoms with Crippen molar-refractivity contribution in [3.8, 4) is 45.3 Å². The highest BCUT2D eigenvalue weighted by molar-refractivity contribution is 5.85. The van der Waals surface area contributed by atoms with Crippen LogP contribution in [0.5, 0.6) is 23.0 Å². The lowest BCUT2D eigenvalue weighted by Gasteiger charge is -2.18. The van der Waals surface area contributed by atoms with Crippen LogP contribution in [0.15, 0.2) is 54.6 Å². The zero-order chi connectivity index (χ0) is 22.7. The van der Waals surface area contributed by atoms with Gasteiger partial charge >= 0.3 is 0 Å². The van der Waals surface area contributed by atoms with E-state index in [1.54, 1.807) is 35.5 Å². The predicted octanol–water partition coefficient (Wildman–Crippen LogP) is 5.14. The summed E-state index contributed by atoms with van der Waals surface area (Å²) in [5.41, 5.74) is 4.69. The third kappa shape index (κ3) is 4.11. The Balaban J connectivity index is 1.95. The van der Waals surface area contributed by atoms with Crippen molar-refractivity contribution in [3.63, 3.8) is 0 Å². The summed E-state index contributed by atoms with van der Waals surface area (Å²) in [7, 11) is 8.31. The minimum Gasteiger partial charge on any atom is -0.496 e. The van der Waals surface area contributed by atoms with Gasteiger partial charge in [0.25, 0.3) is 0 Å². The summed E-state index contributed by atoms with van der Waals surface area (Å²) in [6, 6.07) is 17.9. The minimum atomic E-state index is -0.0462. The maximum absolute atomic E-state index is 5.90. The van der Waals surface area contributed by atoms with Crippen LogP contribution in [0.3, 0.4) is 0 Å². The fourth-order valence-electron chi connectivity index (χ4n) is 4.10. The fraction of sp³-hybridized carbons (Fsp3) is 0.308. The second-order valence-electron chi connectivity index (χ2n) is 7.47. The smallest absolute Gasteiger partial charge is 0.130 e. The largest absolute Gasteiger partial charge is 0.496 e. The molecule has 0 spiro atoms. The van der Waals surface area contributed by atoms with Crippen molar-refractivity contribution in [3.05, 3.63) is 60.2 Å². The molecule has 32 heavy (non-hydrogen) atoms. The van der Waals surface area contributed by atoms with Gasteiger partial charge in [0.2, 0.25) is 0 Å². The Morgan fingerprint density at radius 2 is 1.09 bits per heavy atom. The SMILES string of the molecule is COC[C@@H]1O[C@H]1c1cc(-c2c(OC)cccc2OC)cc(-c2c(OC)cccc2OC)c1. The molecular weight excluding hydrogens is 408 g/mol. The van der Waals surface area contributed by atoms with Crippen molar-refractivity contribution in [2.45, 2.75) is 12.2 Å². The zero-order valence-corrected chi connectivity index (χ0v) is 19.0. The maximum Gasteiger partial charge on any atom is 0.130 e. The molecule has 1 aliphatic heterocycles. The number of epoxide rings is 1. The van der Waals surface area contributed by atoms with E-state index in [1.165, 1.54) is 0 Å². The summed E-state index contributed by atoms with van der Waals surface area (Å²) in [6.45, 7) is 0.542. The third-order valence-electron chi connectivity index (χ3n) is 5.63. The molecule has 4 rings (SSSR count). The van der Waals surface area contributed by atoms with Crippen molar-refractivity contribution in [2.24, 2.45) is 0 Å². The van der Waals surface area contributed by atoms with E-state index in [2.05, 4.69) is 18.2 Å². The molecule has 6 nitrogen and oxygen atoms in total. The maximum atomic E-state index is 5.90. The van der Waals surface area contributed by atoms with Gasteiger partial charge in [-0.2, -0.15) is 0 Å². The molecule has 0 N–H and O–H groups in total. The average molecular weight is 437 g/mol. The molecule has 1 fully saturated rings. The monoisotopic (exact) mass is 436 g/mol. The van der Waals surface area contributed by atoms with Crippen molar-refractivity contribution in [2.75, 3.05) is 42.2 Å². The van der Waals surface area contributed by atoms with Gasteiger partial charge in [0, 0.05) is 7.11 Å². The van der Waals surface area contributed by atoms with Gasteiger partial charge in [0.05, 0.1) is 46.2 Å². The van der Waals surface area contributed by atoms with Crippen LogP contribution in [0.25, 0.3) is 22.3 Å². The van der Waals surface area contributed by atoms with Crippen molar-refractivity contribution in [1.82, 2.24) is 0 Å². The molecule has 1 saturated heterocycles. The zero-order valence-electron chi connectivity index (χ0n) is 19.0. The van der Waals surface area contributed by atoms with Gasteiger partial charge in [-0.05, 0) is 59.2 Å². The molecule has 2 atom stereocenters. The van der Waals surface area contributed by atoms with Crippen LogP contribution in [-0.4, -0.2) is 48.3 Å². The summed E-state index contributed by atoms with van der Waals surface area (Å²) >= 11 is 0. The summed E-state index contributed by atoms with van der Waals surface area (Å²) in [5.74, 6) is 2.91. The van der Waals surface area contributed by atoms with Gasteiger partial charge in [-0.1, -0.05) is 12.1 Å². The van der Waals surface area contributed by atoms with Crippen LogP contribution in [0, 0.1) is 0 Å². The first-order valence-electron chi connectivity index (χ1n) is 10.4. The fourth-order valence-corrected chi connectivity index (χ4v) is 4.10. The number of hydrogen-bond donors (Lipinski definition) is 0. The van der Waals surface area contributed by atoms with Crippen LogP contribution >= 0.6 is 0 Å². The van der Waals surface area contributed by atoms with E-state index in [1.807, 2.05) is 36.4 Å². The molecule has 0 bridgehead atoms. The normalized spacial score (nSPS) is 17.0. The van der Waals surface area contributed by atoms with E-state index in [-0.39, 0.29) is 12.2 Å². The van der Waals surface area contributed by atoms with E-state index < -0.39 is 0 Å². The van der Waals surface area contributed by atoms with Gasteiger partial charge < -0.3 is 28.4 Å². The molecule has 168 valence electrons. The molecular formula is C26H28O6. The van der Waals surface area contributed by atoms with E-state index in [0.717, 1.165) is 50.8 Å². The average Bonchev–Trinajstić information content (AvgIpc) is 3.62. The molecule has 0 saturated carbocycles. The lowest BCUT2D eigenvalue weighted by Crippen LogP contribution is -2.00. The van der Waals surface area contributed by atoms with Crippen molar-refractivity contribution < 1.29 is 28.4 Å². The lowest BCUT2D eigenvalue weighted by molar-refractivity contribution is 0.171. The molecule has 0 aliphatic carbocycles. The molecule has 3 aromatic rings. The summed E-state index contributed by atoms with van der Waals surface area (Å²) in [5, 5.41) is 0. The molecule has 1 heterocycles. The Labute approximate surface area is 188 Å². The first kappa shape index (κ1) is 22.0. The van der Waals surface area contributed by atoms with Gasteiger partial charge in [-0.3, -0.25) is 0 Å². The number of methoxy groups -OCH3 is 5. The van der Waals surface area contributed by atoms with Crippen molar-refractivity contribution >= 4 is 0 Å². The van der Waals surface area contributed by atoms with Crippen LogP contribution in [0.1, 0.15) is 11.7 Å². The van der Waals surface area contributed by atoms with Crippen LogP contribution in [0.2, 0.25) is 0 Å². The number of ether oxygens (including phenoxy) is 6. The van der Waals surface area contributed by atoms with Gasteiger partial charge in [-0.15, -0.1) is 0 Å². The molecule has 0 aromatic heterocycles. The second-order valence-corrected chi connectivity index (χ2v) is 7.47. The quantitative estimate of drug-likeness (QED) is 0.433. The van der Waals surface area contributed by atoms with Gasteiger partial charge in [0.15, 0.2) is 0 Å². The van der Waals surface area contributed by atoms with E-state index >= 15 is 0 Å². The number of rotatable bonds is 9. The van der Waals surface area contributed by atoms with Crippen LogP contribution < -0.4 is 18.9 Å². The van der Waals surface area contributed by atoms with E-state index in [9.17, 15) is 0 Å². The molecule has 6 heteroatoms. The third-order valence-corrected chi connectivity index (χ3v) is 5.63. The minimum absolute atomic E-state index is 0.0298. The summed E-state index contributed by atoms with van der Waals surface area (Å²) < 4.78 is 33.9. The highest BCUT2D eigenvalue weighted by atomic mass is 16.6. The molecule has 0 amide bonds. The molecule has 3 aromatic carbocycles. The molecule has 0 radical (unpaired) electrons. The Morgan fingerprint density at radius 3 is 1.47 bits per heavy atom. The molecule has 1 aliphatic rings. The Bertz CT molecular complexity index is 975. The highest BCUT2D eigenvalue weighted by Gasteiger charge is 2.40. The first-order chi connectivity index (χ1) is 15.6. The summed E-state index contributed by atoms with van der Waals surface area (Å²) in [4.78, 5) is 0. The van der Waals surface area contributed by atoms with Crippen LogP contribution in [0.4, 0.5) is 0 Å². The Morgan fingerprint density at radius 1 is 0.656 bits per heavy atom. The number of hydrogen-bond acceptors (Lipinski definition) is 6. The van der Waals surface area contributed by atoms with Gasteiger partial charge in [-0.25, -0.2) is 0 Å². The first-order valence-corrected chi connectivity index (χ1v) is 10.4. The number of benzene rings is 3. The van der Waals surface area contributed by atoms with Crippen molar-refractivity contribution in [1.29, 1.82) is 0 Å². The standard InChI is InChI=1S/C26H28O6/c1-27-15-23-26(32-23)18-13-16(24-19(28-2)8-6-9-20(24)29-3)12-17(14-18)25-21(30-4)10-7-11-22(25)31-5/h6-14,23,26H,15H2,1-5H3/t23-,26-/m0/s1. The predicted molar refractivity (Wildman–Crippen MR) is 123 cm³/mol. The van der Waals surface area contributed by atoms with Gasteiger partial charge in [0.1, 0.15) is 35.2 Å². The van der Waals surface area contributed by atoms with Crippen LogP contribution in [-0.2, 0) is 9.47 Å². The summed E-state index contributed by atoms with van der Waals surface area (Å²) in [6.07, 6.45) is -0.0164. The van der Waals surface area contributed by atoms with E-state index in [0.29, 0.717) is 6.61 Å². The highest BCUT2D eigenvalue weighted by Crippen LogP contribution is 2.47. The Hall–Kier alpha value is -3.22. The molecule has 0 unspecified atom stereocenters. The topological polar surface area (TPSA) is 58.7 Å². The lowest BCUT2D eigenvalue weighted by atomic mass is 9.92. The second kappa shape index (κ2) is 9.51. The van der Waals surface area contributed by atoms with E-state index in [4.69, 9.17) is 28.4 Å².